The molecule has 434 valence electrons. The molecule has 79 heavy (non-hydrogen) atoms. The molecule has 5 aromatic rings. The number of carbonyl (C=O) groups excluding carboxylic acids is 2. The second kappa shape index (κ2) is 40.5. The zero-order valence-corrected chi connectivity index (χ0v) is 53.8. The van der Waals surface area contributed by atoms with E-state index in [4.69, 9.17) is 20.8 Å². The van der Waals surface area contributed by atoms with E-state index in [0.717, 1.165) is 54.2 Å². The van der Waals surface area contributed by atoms with Crippen molar-refractivity contribution in [1.29, 1.82) is 5.26 Å². The monoisotopic (exact) mass is 1470 g/mol. The van der Waals surface area contributed by atoms with Gasteiger partial charge in [0, 0.05) is 11.6 Å². The molecular formula is C66H99AlI3LiN2O5V-. The first kappa shape index (κ1) is 83.7. The van der Waals surface area contributed by atoms with Crippen molar-refractivity contribution in [2.24, 2.45) is 5.73 Å². The first-order chi connectivity index (χ1) is 34.4. The summed E-state index contributed by atoms with van der Waals surface area (Å²) in [5, 5.41) is 17.6. The van der Waals surface area contributed by atoms with Gasteiger partial charge in [-0.25, -0.2) is 4.79 Å². The van der Waals surface area contributed by atoms with Crippen LogP contribution in [0.15, 0.2) is 97.1 Å². The first-order valence-electron chi connectivity index (χ1n) is 25.4. The Bertz CT molecular complexity index is 2690. The molecule has 0 saturated heterocycles. The van der Waals surface area contributed by atoms with Crippen LogP contribution in [0.2, 0.25) is 0 Å². The van der Waals surface area contributed by atoms with Gasteiger partial charge >= 0.3 is 89.7 Å². The molecule has 10 rings (SSSR count). The van der Waals surface area contributed by atoms with E-state index in [1.54, 1.807) is 24.1 Å². The summed E-state index contributed by atoms with van der Waals surface area (Å²) >= 11 is 7.39. The van der Waals surface area contributed by atoms with Gasteiger partial charge in [0.25, 0.3) is 0 Å². The normalized spacial score (nSPS) is 21.2. The minimum atomic E-state index is -0.278. The number of nitrogens with two attached hydrogens (primary N) is 1. The number of hydrogen-bond acceptors (Lipinski definition) is 6. The van der Waals surface area contributed by atoms with Gasteiger partial charge in [-0.15, -0.1) is 0 Å². The summed E-state index contributed by atoms with van der Waals surface area (Å²) < 4.78 is 4.75. The molecule has 5 aliphatic rings. The maximum absolute atomic E-state index is 11.5. The van der Waals surface area contributed by atoms with Crippen LogP contribution in [0.25, 0.3) is 6.08 Å². The van der Waals surface area contributed by atoms with Crippen LogP contribution in [0, 0.1) is 18.3 Å². The molecule has 0 aliphatic heterocycles. The van der Waals surface area contributed by atoms with E-state index in [-0.39, 0.29) is 90.3 Å². The number of aliphatic hydroxyl groups excluding tert-OH is 1. The van der Waals surface area contributed by atoms with Crippen LogP contribution in [0.3, 0.4) is 0 Å². The first-order valence-corrected chi connectivity index (χ1v) is 38.9. The van der Waals surface area contributed by atoms with E-state index < -0.39 is 0 Å². The summed E-state index contributed by atoms with van der Waals surface area (Å²) in [4.78, 5) is 21.8. The number of methoxy groups -OCH3 is 1. The van der Waals surface area contributed by atoms with E-state index in [2.05, 4.69) is 191 Å². The summed E-state index contributed by atoms with van der Waals surface area (Å²) in [7, 11) is 1.43. The molecular weight excluding hydrogens is 1370 g/mol. The molecule has 5 N–H and O–H groups in total. The van der Waals surface area contributed by atoms with Gasteiger partial charge in [-0.3, -0.25) is 4.79 Å². The topological polar surface area (TPSA) is 145 Å². The van der Waals surface area contributed by atoms with Gasteiger partial charge in [0.1, 0.15) is 6.29 Å². The average molecular weight is 1470 g/mol. The van der Waals surface area contributed by atoms with Crippen molar-refractivity contribution < 1.29 is 50.1 Å². The predicted molar refractivity (Wildman–Crippen MR) is 366 cm³/mol. The Labute approximate surface area is 542 Å². The fraction of sp³-hybridized carbons (Fsp3) is 0.455. The largest absolute Gasteiger partial charge is 1.00 e. The molecule has 7 nitrogen and oxygen atoms in total. The van der Waals surface area contributed by atoms with E-state index in [0.29, 0.717) is 47.3 Å². The number of esters is 1. The molecule has 0 heterocycles. The van der Waals surface area contributed by atoms with Gasteiger partial charge in [0.15, 0.2) is 17.4 Å². The number of nitrogens with zero attached hydrogens (tertiary/aromatic N) is 1. The summed E-state index contributed by atoms with van der Waals surface area (Å²) in [6, 6.07) is 33.1. The Morgan fingerprint density at radius 2 is 0.949 bits per heavy atom. The quantitative estimate of drug-likeness (QED) is 0.0415. The summed E-state index contributed by atoms with van der Waals surface area (Å²) in [6.45, 7) is 28.3. The summed E-state index contributed by atoms with van der Waals surface area (Å²) in [5.41, 5.74) is 24.9. The van der Waals surface area contributed by atoms with Gasteiger partial charge < -0.3 is 29.4 Å². The van der Waals surface area contributed by atoms with Crippen LogP contribution in [0.5, 0.6) is 0 Å². The van der Waals surface area contributed by atoms with Crippen LogP contribution in [0.1, 0.15) is 266 Å². The van der Waals surface area contributed by atoms with Crippen LogP contribution in [0.4, 0.5) is 0 Å². The van der Waals surface area contributed by atoms with Crippen molar-refractivity contribution in [1.82, 2.24) is 0 Å². The minimum absolute atomic E-state index is 0. The molecule has 13 heteroatoms. The smallest absolute Gasteiger partial charge is 1.00 e. The van der Waals surface area contributed by atoms with Gasteiger partial charge in [-0.05, 0) is 163 Å². The number of nitriles is 1. The number of aliphatic hydroxyl groups is 1. The molecule has 0 fully saturated rings. The molecule has 10 atom stereocenters. The summed E-state index contributed by atoms with van der Waals surface area (Å²) in [6.07, 6.45) is 6.67. The van der Waals surface area contributed by atoms with Crippen molar-refractivity contribution in [3.8, 4) is 6.07 Å². The van der Waals surface area contributed by atoms with E-state index in [1.807, 2.05) is 48.5 Å². The number of fused-ring (bicyclic) bond motifs is 5. The Kier molecular flexibility index (Phi) is 42.9. The number of hydrogen-bond donors (Lipinski definition) is 2. The van der Waals surface area contributed by atoms with Gasteiger partial charge in [-0.2, -0.15) is 12.2 Å². The number of aryl methyl sites for hydroxylation is 1. The van der Waals surface area contributed by atoms with E-state index >= 15 is 0 Å². The molecule has 10 unspecified atom stereocenters. The van der Waals surface area contributed by atoms with Crippen LogP contribution in [-0.2, 0) is 22.7 Å². The Hall–Kier alpha value is -1.75. The van der Waals surface area contributed by atoms with Crippen molar-refractivity contribution in [3.05, 3.63) is 187 Å². The molecule has 0 amide bonds. The number of benzene rings is 5. The molecule has 0 spiro atoms. The molecule has 0 saturated carbocycles. The third-order valence-electron chi connectivity index (χ3n) is 16.1. The zero-order chi connectivity index (χ0) is 53.6. The van der Waals surface area contributed by atoms with Crippen molar-refractivity contribution in [2.75, 3.05) is 13.7 Å². The summed E-state index contributed by atoms with van der Waals surface area (Å²) in [5.74, 6) is 6.10. The second-order valence-corrected chi connectivity index (χ2v) is 54.9. The number of rotatable bonds is 7. The maximum Gasteiger partial charge on any atom is 1.00 e. The average Bonchev–Trinajstić information content (AvgIpc) is 3.42. The molecule has 5 aromatic carbocycles. The Morgan fingerprint density at radius 3 is 1.34 bits per heavy atom. The van der Waals surface area contributed by atoms with Crippen molar-refractivity contribution in [2.45, 2.75) is 184 Å². The number of aldehydes is 1. The second-order valence-electron chi connectivity index (χ2n) is 19.5. The van der Waals surface area contributed by atoms with Crippen LogP contribution in [-0.4, -0.2) is 53.9 Å². The van der Waals surface area contributed by atoms with Gasteiger partial charge in [0.2, 0.25) is 0 Å². The fourth-order valence-corrected chi connectivity index (χ4v) is 11.1. The van der Waals surface area contributed by atoms with Crippen LogP contribution >= 0.6 is 59.9 Å². The maximum atomic E-state index is 11.5. The molecule has 0 aromatic heterocycles. The molecule has 0 bridgehead atoms. The van der Waals surface area contributed by atoms with Crippen LogP contribution < -0.4 is 24.6 Å². The van der Waals surface area contributed by atoms with Gasteiger partial charge in [-0.1, -0.05) is 184 Å². The Morgan fingerprint density at radius 1 is 0.620 bits per heavy atom. The number of allylic oxidation sites excluding steroid dienone is 1. The number of ether oxygens (including phenoxy) is 1. The van der Waals surface area contributed by atoms with Crippen molar-refractivity contribution in [3.63, 3.8) is 0 Å². The SMILES string of the molecule is C.C.C.C.CC1c2cccc(/C=C/C#N)c2C1C.CC1c2cccc(C=O)c2C1C.CC1c2cccc(CCCN)c2C1C.CC1c2cccc(CO)c2C1C.COC(=O)c1cccc2c1C(C)C2C.O.[AlH3].[CH2-]C.[H-].[I][V]([I])[I].[Li+]. The standard InChI is InChI=1S/C13H19N.C13H13N.C12H14O2.C11H14O.C11H12O.C2H5.4CH4.Al.3HI.Li.H2O.V.4H/c2*1-9-10(2)13-11(6-4-8-14)5-3-7-12(9)13;1-7-8(2)11-9(7)5-4-6-10(11)12(13)14-3;2*1-7-8(2)11-9(6-12)4-3-5-10(7)11;1-2;;;;;;;;;;;;;;;/h3,5,7,9-10H,4,6,8,14H2,1-2H3;3-7,9-10H,1-2H3;4-8H,1-3H3;3-5,7-8,12H,6H2,1-2H3;3-8H,1-2H3;1H2,2H3;4*1H4;;3*1H;;1H2;;;;;/q;;;;;-1;;;;;;;;;+1;;+3;;;;-1/p-3/b;6-4+;;;;;;;;;;;;;;;;;;;. The zero-order valence-electron chi connectivity index (χ0n) is 47.0. The predicted octanol–water partition coefficient (Wildman–Crippen LogP) is 15.2. The third-order valence-corrected chi connectivity index (χ3v) is 16.1. The molecule has 0 radical (unpaired) electrons. The third kappa shape index (κ3) is 19.7. The van der Waals surface area contributed by atoms with Crippen molar-refractivity contribution >= 4 is 95.6 Å². The number of halogens is 3. The fourth-order valence-electron chi connectivity index (χ4n) is 11.1. The Balaban J connectivity index is -0.000000279. The van der Waals surface area contributed by atoms with E-state index in [1.165, 1.54) is 62.7 Å². The molecule has 5 aliphatic carbocycles. The van der Waals surface area contributed by atoms with Gasteiger partial charge in [0.05, 0.1) is 25.3 Å². The number of carbonyl (C=O) groups is 2. The minimum Gasteiger partial charge on any atom is 1.00 e. The van der Waals surface area contributed by atoms with E-state index in [9.17, 15) is 9.59 Å².